The molecule has 2 heterocycles. The van der Waals surface area contributed by atoms with E-state index in [-0.39, 0.29) is 17.8 Å². The van der Waals surface area contributed by atoms with E-state index < -0.39 is 41.1 Å². The number of Topliss-reactive ketones (excluding diaryl/α,β-unsaturated/α-hetero) is 1. The molecule has 1 aromatic heterocycles. The summed E-state index contributed by atoms with van der Waals surface area (Å²) < 4.78 is 19.1. The standard InChI is InChI=1S/C30H32FNO5S/c1-29(2,3)20-12-8-18(9-13-20)25-24(27(34)22-7-6-16-38-22)26(19-10-14-21(31)15-11-19)32(23(33)17-37-5)30(25,4)28(35)36/h6-16,24-26H,17H2,1-5H3,(H,35,36). The minimum Gasteiger partial charge on any atom is -0.479 e. The van der Waals surface area contributed by atoms with Crippen LogP contribution in [0.15, 0.2) is 66.0 Å². The molecule has 3 aromatic rings. The number of halogens is 1. The van der Waals surface area contributed by atoms with Crippen LogP contribution in [0, 0.1) is 11.7 Å². The second-order valence-corrected chi connectivity index (χ2v) is 11.8. The van der Waals surface area contributed by atoms with Crippen molar-refractivity contribution in [2.45, 2.75) is 50.6 Å². The molecule has 4 atom stereocenters. The maximum absolute atomic E-state index is 14.2. The Kier molecular flexibility index (Phi) is 7.59. The van der Waals surface area contributed by atoms with Gasteiger partial charge in [0.1, 0.15) is 18.0 Å². The number of methoxy groups -OCH3 is 1. The number of hydrogen-bond donors (Lipinski definition) is 1. The number of benzene rings is 2. The fraction of sp³-hybridized carbons (Fsp3) is 0.367. The van der Waals surface area contributed by atoms with Gasteiger partial charge in [-0.05, 0) is 52.6 Å². The van der Waals surface area contributed by atoms with Crippen LogP contribution >= 0.6 is 11.3 Å². The summed E-state index contributed by atoms with van der Waals surface area (Å²) in [7, 11) is 1.36. The number of carbonyl (C=O) groups excluding carboxylic acids is 2. The van der Waals surface area contributed by atoms with Crippen LogP contribution in [0.5, 0.6) is 0 Å². The van der Waals surface area contributed by atoms with Crippen molar-refractivity contribution in [3.05, 3.63) is 93.4 Å². The number of carboxylic acid groups (broad SMARTS) is 1. The van der Waals surface area contributed by atoms with E-state index in [0.29, 0.717) is 16.0 Å². The van der Waals surface area contributed by atoms with Gasteiger partial charge in [0.25, 0.3) is 0 Å². The Balaban J connectivity index is 2.01. The second-order valence-electron chi connectivity index (χ2n) is 10.9. The lowest BCUT2D eigenvalue weighted by Gasteiger charge is -2.38. The van der Waals surface area contributed by atoms with E-state index in [1.165, 1.54) is 54.5 Å². The molecule has 0 aliphatic carbocycles. The summed E-state index contributed by atoms with van der Waals surface area (Å²) in [6.45, 7) is 7.37. The quantitative estimate of drug-likeness (QED) is 0.383. The molecule has 4 unspecified atom stereocenters. The van der Waals surface area contributed by atoms with Gasteiger partial charge in [0.05, 0.1) is 16.8 Å². The average Bonchev–Trinajstić information content (AvgIpc) is 3.49. The van der Waals surface area contributed by atoms with Crippen molar-refractivity contribution in [3.63, 3.8) is 0 Å². The Hall–Kier alpha value is -3.36. The predicted molar refractivity (Wildman–Crippen MR) is 144 cm³/mol. The third-order valence-electron chi connectivity index (χ3n) is 7.47. The summed E-state index contributed by atoms with van der Waals surface area (Å²) in [5.74, 6) is -4.37. The van der Waals surface area contributed by atoms with Crippen LogP contribution in [-0.2, 0) is 19.7 Å². The molecule has 0 bridgehead atoms. The fourth-order valence-electron chi connectivity index (χ4n) is 5.59. The average molecular weight is 538 g/mol. The molecule has 200 valence electrons. The highest BCUT2D eigenvalue weighted by Gasteiger charge is 2.64. The maximum Gasteiger partial charge on any atom is 0.330 e. The van der Waals surface area contributed by atoms with Gasteiger partial charge in [0.15, 0.2) is 5.78 Å². The zero-order valence-corrected chi connectivity index (χ0v) is 22.9. The van der Waals surface area contributed by atoms with Crippen molar-refractivity contribution < 1.29 is 28.6 Å². The topological polar surface area (TPSA) is 83.9 Å². The summed E-state index contributed by atoms with van der Waals surface area (Å²) in [4.78, 5) is 42.6. The first-order valence-electron chi connectivity index (χ1n) is 12.4. The molecule has 1 fully saturated rings. The molecule has 6 nitrogen and oxygen atoms in total. The Morgan fingerprint density at radius 1 is 1.03 bits per heavy atom. The Morgan fingerprint density at radius 2 is 1.63 bits per heavy atom. The number of nitrogens with zero attached hydrogens (tertiary/aromatic N) is 1. The lowest BCUT2D eigenvalue weighted by Crippen LogP contribution is -2.55. The molecule has 1 aliphatic heterocycles. The molecule has 0 spiro atoms. The molecular formula is C30H32FNO5S. The van der Waals surface area contributed by atoms with Gasteiger partial charge in [-0.1, -0.05) is 63.2 Å². The first-order chi connectivity index (χ1) is 17.9. The lowest BCUT2D eigenvalue weighted by atomic mass is 9.72. The molecular weight excluding hydrogens is 505 g/mol. The molecule has 0 radical (unpaired) electrons. The van der Waals surface area contributed by atoms with Crippen LogP contribution in [0.25, 0.3) is 0 Å². The molecule has 1 aliphatic rings. The number of ether oxygens (including phenoxy) is 1. The maximum atomic E-state index is 14.2. The van der Waals surface area contributed by atoms with E-state index >= 15 is 0 Å². The monoisotopic (exact) mass is 537 g/mol. The van der Waals surface area contributed by atoms with Gasteiger partial charge in [-0.3, -0.25) is 9.59 Å². The van der Waals surface area contributed by atoms with Gasteiger partial charge >= 0.3 is 5.97 Å². The molecule has 0 saturated carbocycles. The highest BCUT2D eigenvalue weighted by atomic mass is 32.1. The number of likely N-dealkylation sites (tertiary alicyclic amines) is 1. The van der Waals surface area contributed by atoms with Crippen LogP contribution in [0.4, 0.5) is 4.39 Å². The summed E-state index contributed by atoms with van der Waals surface area (Å²) in [6, 6.07) is 15.6. The first kappa shape index (κ1) is 27.7. The third kappa shape index (κ3) is 4.78. The van der Waals surface area contributed by atoms with E-state index in [2.05, 4.69) is 20.8 Å². The minimum atomic E-state index is -1.80. The van der Waals surface area contributed by atoms with E-state index in [0.717, 1.165) is 5.56 Å². The Morgan fingerprint density at radius 3 is 2.13 bits per heavy atom. The first-order valence-corrected chi connectivity index (χ1v) is 13.3. The smallest absolute Gasteiger partial charge is 0.330 e. The van der Waals surface area contributed by atoms with Crippen LogP contribution < -0.4 is 0 Å². The Bertz CT molecular complexity index is 1310. The lowest BCUT2D eigenvalue weighted by molar-refractivity contribution is -0.159. The van der Waals surface area contributed by atoms with Gasteiger partial charge < -0.3 is 14.7 Å². The number of carboxylic acids is 1. The molecule has 1 saturated heterocycles. The molecule has 4 rings (SSSR count). The highest BCUT2D eigenvalue weighted by molar-refractivity contribution is 7.12. The van der Waals surface area contributed by atoms with Crippen LogP contribution in [0.1, 0.15) is 66.0 Å². The van der Waals surface area contributed by atoms with Crippen molar-refractivity contribution in [1.82, 2.24) is 4.90 Å². The summed E-state index contributed by atoms with van der Waals surface area (Å²) >= 11 is 1.26. The summed E-state index contributed by atoms with van der Waals surface area (Å²) in [6.07, 6.45) is 0. The van der Waals surface area contributed by atoms with Gasteiger partial charge in [-0.2, -0.15) is 0 Å². The van der Waals surface area contributed by atoms with Crippen molar-refractivity contribution in [2.75, 3.05) is 13.7 Å². The fourth-order valence-corrected chi connectivity index (χ4v) is 6.30. The van der Waals surface area contributed by atoms with Crippen molar-refractivity contribution >= 4 is 29.0 Å². The zero-order chi connectivity index (χ0) is 27.8. The summed E-state index contributed by atoms with van der Waals surface area (Å²) in [5.41, 5.74) is 0.243. The number of thiophene rings is 1. The number of aliphatic carboxylic acids is 1. The third-order valence-corrected chi connectivity index (χ3v) is 8.35. The van der Waals surface area contributed by atoms with Gasteiger partial charge in [-0.15, -0.1) is 11.3 Å². The number of rotatable bonds is 7. The Labute approximate surface area is 226 Å². The van der Waals surface area contributed by atoms with Crippen molar-refractivity contribution in [2.24, 2.45) is 5.92 Å². The minimum absolute atomic E-state index is 0.131. The van der Waals surface area contributed by atoms with Crippen molar-refractivity contribution in [1.29, 1.82) is 0 Å². The van der Waals surface area contributed by atoms with Crippen LogP contribution in [0.3, 0.4) is 0 Å². The number of hydrogen-bond acceptors (Lipinski definition) is 5. The summed E-state index contributed by atoms with van der Waals surface area (Å²) in [5, 5.41) is 12.5. The second kappa shape index (κ2) is 10.4. The molecule has 2 aromatic carbocycles. The SMILES string of the molecule is COCC(=O)N1C(c2ccc(F)cc2)C(C(=O)c2cccs2)C(c2ccc(C(C)(C)C)cc2)C1(C)C(=O)O. The van der Waals surface area contributed by atoms with E-state index in [1.807, 2.05) is 24.3 Å². The van der Waals surface area contributed by atoms with E-state index in [1.54, 1.807) is 17.5 Å². The van der Waals surface area contributed by atoms with Crippen LogP contribution in [0.2, 0.25) is 0 Å². The largest absolute Gasteiger partial charge is 0.479 e. The molecule has 38 heavy (non-hydrogen) atoms. The van der Waals surface area contributed by atoms with Crippen LogP contribution in [-0.4, -0.2) is 46.9 Å². The predicted octanol–water partition coefficient (Wildman–Crippen LogP) is 5.84. The molecule has 8 heteroatoms. The number of carbonyl (C=O) groups is 3. The number of amides is 1. The van der Waals surface area contributed by atoms with Gasteiger partial charge in [0, 0.05) is 13.0 Å². The van der Waals surface area contributed by atoms with E-state index in [9.17, 15) is 23.9 Å². The highest BCUT2D eigenvalue weighted by Crippen LogP contribution is 2.56. The van der Waals surface area contributed by atoms with Gasteiger partial charge in [0.2, 0.25) is 5.91 Å². The molecule has 1 amide bonds. The van der Waals surface area contributed by atoms with Crippen molar-refractivity contribution in [3.8, 4) is 0 Å². The van der Waals surface area contributed by atoms with Gasteiger partial charge in [-0.25, -0.2) is 9.18 Å². The zero-order valence-electron chi connectivity index (χ0n) is 22.1. The normalized spacial score (nSPS) is 23.4. The van der Waals surface area contributed by atoms with E-state index in [4.69, 9.17) is 4.74 Å². The number of ketones is 1. The molecule has 1 N–H and O–H groups in total.